The second-order valence-corrected chi connectivity index (χ2v) is 8.39. The fraction of sp³-hybridized carbons (Fsp3) is 0.333. The molecule has 1 aliphatic heterocycles. The summed E-state index contributed by atoms with van der Waals surface area (Å²) in [6.07, 6.45) is 0.863. The fourth-order valence-electron chi connectivity index (χ4n) is 3.37. The van der Waals surface area contributed by atoms with Gasteiger partial charge in [0.25, 0.3) is 5.91 Å². The number of benzene rings is 1. The number of hydrogen-bond acceptors (Lipinski definition) is 5. The van der Waals surface area contributed by atoms with E-state index in [4.69, 9.17) is 23.2 Å². The van der Waals surface area contributed by atoms with Crippen molar-refractivity contribution in [2.75, 3.05) is 20.6 Å². The molecule has 1 amide bonds. The molecule has 0 atom stereocenters. The summed E-state index contributed by atoms with van der Waals surface area (Å²) in [5.74, 6) is -0.929. The zero-order valence-corrected chi connectivity index (χ0v) is 18.7. The van der Waals surface area contributed by atoms with Gasteiger partial charge in [0.1, 0.15) is 5.52 Å². The van der Waals surface area contributed by atoms with E-state index in [9.17, 15) is 9.18 Å². The van der Waals surface area contributed by atoms with E-state index in [1.165, 1.54) is 4.90 Å². The molecule has 11 heteroatoms. The van der Waals surface area contributed by atoms with Gasteiger partial charge in [0, 0.05) is 32.6 Å². The minimum atomic E-state index is -0.644. The molecule has 4 rings (SSSR count). The number of hydrogen-bond donors (Lipinski definition) is 1. The molecule has 0 radical (unpaired) electrons. The molecular formula is C18H16BrCl2FN6O. The van der Waals surface area contributed by atoms with E-state index >= 15 is 0 Å². The van der Waals surface area contributed by atoms with Crippen LogP contribution in [0.4, 0.5) is 4.39 Å². The summed E-state index contributed by atoms with van der Waals surface area (Å²) in [6, 6.07) is 1.56. The Bertz CT molecular complexity index is 1150. The van der Waals surface area contributed by atoms with Crippen LogP contribution in [0.15, 0.2) is 10.5 Å². The van der Waals surface area contributed by atoms with Crippen molar-refractivity contribution < 1.29 is 9.18 Å². The lowest BCUT2D eigenvalue weighted by Crippen LogP contribution is -2.23. The third-order valence-corrected chi connectivity index (χ3v) is 6.19. The third-order valence-electron chi connectivity index (χ3n) is 4.72. The van der Waals surface area contributed by atoms with E-state index in [-0.39, 0.29) is 31.9 Å². The predicted molar refractivity (Wildman–Crippen MR) is 113 cm³/mol. The van der Waals surface area contributed by atoms with Crippen molar-refractivity contribution >= 4 is 55.9 Å². The Kier molecular flexibility index (Phi) is 5.50. The van der Waals surface area contributed by atoms with Crippen LogP contribution in [-0.2, 0) is 13.1 Å². The number of amides is 1. The highest BCUT2D eigenvalue weighted by Crippen LogP contribution is 2.38. The summed E-state index contributed by atoms with van der Waals surface area (Å²) in [7, 11) is 3.29. The number of fused-ring (bicyclic) bond motifs is 2. The predicted octanol–water partition coefficient (Wildman–Crippen LogP) is 3.90. The molecule has 152 valence electrons. The standard InChI is InChI=1S/C18H16BrCl2FN6O/c1-27(2)17(29)16-11(10-7-23-4-3-5-28(10)26-16)14-8-6-9(20)12(19)13(22)15(8)25-18(21)24-14/h6,23H,3-5,7H2,1-2H3. The van der Waals surface area contributed by atoms with Crippen molar-refractivity contribution in [3.8, 4) is 11.3 Å². The highest BCUT2D eigenvalue weighted by atomic mass is 79.9. The minimum absolute atomic E-state index is 0.0149. The summed E-state index contributed by atoms with van der Waals surface area (Å²) >= 11 is 15.5. The van der Waals surface area contributed by atoms with Crippen LogP contribution >= 0.6 is 39.1 Å². The van der Waals surface area contributed by atoms with Gasteiger partial charge < -0.3 is 10.2 Å². The molecule has 0 aliphatic carbocycles. The maximum Gasteiger partial charge on any atom is 0.274 e. The highest BCUT2D eigenvalue weighted by molar-refractivity contribution is 9.10. The third kappa shape index (κ3) is 3.50. The van der Waals surface area contributed by atoms with Crippen LogP contribution in [0.1, 0.15) is 22.6 Å². The highest BCUT2D eigenvalue weighted by Gasteiger charge is 2.29. The number of aryl methyl sites for hydroxylation is 1. The molecular weight excluding hydrogens is 486 g/mol. The van der Waals surface area contributed by atoms with Gasteiger partial charge in [-0.1, -0.05) is 11.6 Å². The summed E-state index contributed by atoms with van der Waals surface area (Å²) in [4.78, 5) is 22.7. The Balaban J connectivity index is 2.10. The molecule has 1 aliphatic rings. The second-order valence-electron chi connectivity index (χ2n) is 6.85. The van der Waals surface area contributed by atoms with E-state index < -0.39 is 5.82 Å². The SMILES string of the molecule is CN(C)C(=O)c1nn2c(c1-c1nc(Cl)nc3c(F)c(Br)c(Cl)cc13)CNCCC2. The van der Waals surface area contributed by atoms with Gasteiger partial charge in [-0.25, -0.2) is 14.4 Å². The number of nitrogens with one attached hydrogen (secondary N) is 1. The summed E-state index contributed by atoms with van der Waals surface area (Å²) in [6.45, 7) is 1.95. The number of carbonyl (C=O) groups excluding carboxylic acids is 1. The maximum atomic E-state index is 14.9. The first-order valence-electron chi connectivity index (χ1n) is 8.82. The van der Waals surface area contributed by atoms with Crippen LogP contribution < -0.4 is 5.32 Å². The molecule has 7 nitrogen and oxygen atoms in total. The molecule has 1 N–H and O–H groups in total. The van der Waals surface area contributed by atoms with Gasteiger partial charge >= 0.3 is 0 Å². The first-order chi connectivity index (χ1) is 13.8. The zero-order valence-electron chi connectivity index (χ0n) is 15.6. The van der Waals surface area contributed by atoms with Gasteiger partial charge in [-0.15, -0.1) is 0 Å². The molecule has 1 aromatic carbocycles. The Hall–Kier alpha value is -1.81. The van der Waals surface area contributed by atoms with Crippen molar-refractivity contribution in [2.24, 2.45) is 0 Å². The zero-order chi connectivity index (χ0) is 20.9. The lowest BCUT2D eigenvalue weighted by Gasteiger charge is -2.13. The van der Waals surface area contributed by atoms with Crippen molar-refractivity contribution in [2.45, 2.75) is 19.5 Å². The summed E-state index contributed by atoms with van der Waals surface area (Å²) in [5, 5.41) is 8.26. The van der Waals surface area contributed by atoms with E-state index in [2.05, 4.69) is 36.3 Å². The average Bonchev–Trinajstić information content (AvgIpc) is 2.87. The normalized spacial score (nSPS) is 14.0. The first kappa shape index (κ1) is 20.5. The minimum Gasteiger partial charge on any atom is -0.343 e. The quantitative estimate of drug-likeness (QED) is 0.425. The number of aromatic nitrogens is 4. The van der Waals surface area contributed by atoms with Gasteiger partial charge in [-0.3, -0.25) is 9.48 Å². The van der Waals surface area contributed by atoms with Crippen molar-refractivity contribution in [1.29, 1.82) is 0 Å². The van der Waals surface area contributed by atoms with Crippen LogP contribution in [0.5, 0.6) is 0 Å². The Morgan fingerprint density at radius 2 is 2.10 bits per heavy atom. The molecule has 3 heterocycles. The summed E-state index contributed by atoms with van der Waals surface area (Å²) in [5.41, 5.74) is 1.85. The van der Waals surface area contributed by atoms with Gasteiger partial charge in [-0.2, -0.15) is 5.10 Å². The molecule has 29 heavy (non-hydrogen) atoms. The molecule has 3 aromatic rings. The van der Waals surface area contributed by atoms with Gasteiger partial charge in [0.2, 0.25) is 5.28 Å². The van der Waals surface area contributed by atoms with E-state index in [0.29, 0.717) is 29.7 Å². The maximum absolute atomic E-state index is 14.9. The summed E-state index contributed by atoms with van der Waals surface area (Å²) < 4.78 is 16.8. The molecule has 0 fully saturated rings. The topological polar surface area (TPSA) is 75.9 Å². The van der Waals surface area contributed by atoms with Crippen LogP contribution in [0, 0.1) is 5.82 Å². The van der Waals surface area contributed by atoms with E-state index in [1.54, 1.807) is 24.8 Å². The number of nitrogens with zero attached hydrogens (tertiary/aromatic N) is 5. The van der Waals surface area contributed by atoms with Crippen LogP contribution in [0.2, 0.25) is 10.3 Å². The lowest BCUT2D eigenvalue weighted by molar-refractivity contribution is 0.0821. The van der Waals surface area contributed by atoms with E-state index in [0.717, 1.165) is 18.7 Å². The Morgan fingerprint density at radius 3 is 2.83 bits per heavy atom. The second kappa shape index (κ2) is 7.79. The largest absolute Gasteiger partial charge is 0.343 e. The van der Waals surface area contributed by atoms with Gasteiger partial charge in [0.05, 0.1) is 26.4 Å². The lowest BCUT2D eigenvalue weighted by atomic mass is 10.0. The fourth-order valence-corrected chi connectivity index (χ4v) is 4.03. The number of rotatable bonds is 2. The van der Waals surface area contributed by atoms with Crippen molar-refractivity contribution in [3.63, 3.8) is 0 Å². The molecule has 0 unspecified atom stereocenters. The molecule has 0 spiro atoms. The molecule has 2 aromatic heterocycles. The molecule has 0 bridgehead atoms. The van der Waals surface area contributed by atoms with Crippen LogP contribution in [0.25, 0.3) is 22.2 Å². The van der Waals surface area contributed by atoms with Gasteiger partial charge in [-0.05, 0) is 46.6 Å². The van der Waals surface area contributed by atoms with Crippen molar-refractivity contribution in [1.82, 2.24) is 30.0 Å². The van der Waals surface area contributed by atoms with Crippen molar-refractivity contribution in [3.05, 3.63) is 38.1 Å². The van der Waals surface area contributed by atoms with Gasteiger partial charge in [0.15, 0.2) is 11.5 Å². The van der Waals surface area contributed by atoms with E-state index in [1.807, 2.05) is 0 Å². The Morgan fingerprint density at radius 1 is 1.34 bits per heavy atom. The van der Waals surface area contributed by atoms with Crippen LogP contribution in [-0.4, -0.2) is 51.2 Å². The number of carbonyl (C=O) groups is 1. The number of halogens is 4. The molecule has 0 saturated heterocycles. The smallest absolute Gasteiger partial charge is 0.274 e. The monoisotopic (exact) mass is 500 g/mol. The van der Waals surface area contributed by atoms with Crippen LogP contribution in [0.3, 0.4) is 0 Å². The molecule has 0 saturated carbocycles. The first-order valence-corrected chi connectivity index (χ1v) is 10.4. The Labute approximate surface area is 184 Å². The average molecular weight is 502 g/mol.